The largest absolute Gasteiger partial charge is 0.408 e. The quantitative estimate of drug-likeness (QED) is 0.788. The molecule has 1 aromatic carbocycles. The lowest BCUT2D eigenvalue weighted by molar-refractivity contribution is -0.114. The molecule has 2 aromatic rings. The van der Waals surface area contributed by atoms with Crippen LogP contribution in [0.25, 0.3) is 0 Å². The third-order valence-electron chi connectivity index (χ3n) is 2.73. The van der Waals surface area contributed by atoms with Crippen molar-refractivity contribution in [1.82, 2.24) is 10.2 Å². The summed E-state index contributed by atoms with van der Waals surface area (Å²) in [6.07, 6.45) is 0. The Morgan fingerprint density at radius 3 is 2.43 bits per heavy atom. The average molecular weight is 334 g/mol. The third-order valence-corrected chi connectivity index (χ3v) is 3.74. The summed E-state index contributed by atoms with van der Waals surface area (Å²) in [5, 5.41) is 12.9. The van der Waals surface area contributed by atoms with Gasteiger partial charge in [0.15, 0.2) is 0 Å². The highest BCUT2D eigenvalue weighted by Gasteiger charge is 2.12. The molecule has 0 spiro atoms. The van der Waals surface area contributed by atoms with Gasteiger partial charge in [-0.05, 0) is 24.3 Å². The van der Waals surface area contributed by atoms with Crippen molar-refractivity contribution in [3.8, 4) is 0 Å². The number of thioether (sulfide) groups is 1. The molecule has 0 fully saturated rings. The number of hydrogen-bond acceptors (Lipinski definition) is 6. The van der Waals surface area contributed by atoms with Crippen molar-refractivity contribution < 1.29 is 14.0 Å². The van der Waals surface area contributed by atoms with Gasteiger partial charge in [0.05, 0.1) is 5.75 Å². The van der Waals surface area contributed by atoms with Crippen LogP contribution in [0.3, 0.4) is 0 Å². The second-order valence-electron chi connectivity index (χ2n) is 5.14. The average Bonchev–Trinajstić information content (AvgIpc) is 2.95. The van der Waals surface area contributed by atoms with Crippen LogP contribution in [0.4, 0.5) is 11.7 Å². The minimum Gasteiger partial charge on any atom is -0.408 e. The number of anilines is 2. The van der Waals surface area contributed by atoms with Gasteiger partial charge >= 0.3 is 6.01 Å². The lowest BCUT2D eigenvalue weighted by atomic mass is 10.2. The van der Waals surface area contributed by atoms with Crippen molar-refractivity contribution in [3.63, 3.8) is 0 Å². The summed E-state index contributed by atoms with van der Waals surface area (Å²) in [5.41, 5.74) is 0.721. The fourth-order valence-corrected chi connectivity index (χ4v) is 2.36. The lowest BCUT2D eigenvalue weighted by Crippen LogP contribution is -2.14. The maximum atomic E-state index is 11.9. The summed E-state index contributed by atoms with van der Waals surface area (Å²) in [5.74, 6) is 0.481. The molecule has 0 aliphatic rings. The predicted octanol–water partition coefficient (Wildman–Crippen LogP) is 2.88. The Labute approximate surface area is 138 Å². The second-order valence-corrected chi connectivity index (χ2v) is 6.19. The Morgan fingerprint density at radius 2 is 1.87 bits per heavy atom. The van der Waals surface area contributed by atoms with Crippen LogP contribution < -0.4 is 10.6 Å². The molecule has 0 saturated heterocycles. The van der Waals surface area contributed by atoms with Gasteiger partial charge in [0, 0.05) is 23.4 Å². The Kier molecular flexibility index (Phi) is 5.75. The summed E-state index contributed by atoms with van der Waals surface area (Å²) in [7, 11) is 0. The van der Waals surface area contributed by atoms with E-state index in [2.05, 4.69) is 20.8 Å². The summed E-state index contributed by atoms with van der Waals surface area (Å²) in [6.45, 7) is 5.31. The van der Waals surface area contributed by atoms with Crippen LogP contribution in [0.5, 0.6) is 0 Å². The number of benzene rings is 1. The first-order chi connectivity index (χ1) is 10.9. The topological polar surface area (TPSA) is 97.1 Å². The predicted molar refractivity (Wildman–Crippen MR) is 88.5 cm³/mol. The summed E-state index contributed by atoms with van der Waals surface area (Å²) in [6, 6.07) is 7.36. The van der Waals surface area contributed by atoms with E-state index >= 15 is 0 Å². The van der Waals surface area contributed by atoms with E-state index in [-0.39, 0.29) is 29.5 Å². The molecule has 2 amide bonds. The second kappa shape index (κ2) is 7.77. The fraction of sp³-hybridized carbons (Fsp3) is 0.333. The summed E-state index contributed by atoms with van der Waals surface area (Å²) < 4.78 is 5.32. The normalized spacial score (nSPS) is 10.6. The van der Waals surface area contributed by atoms with Crippen molar-refractivity contribution in [2.24, 2.45) is 0 Å². The number of rotatable bonds is 6. The highest BCUT2D eigenvalue weighted by molar-refractivity contribution is 8.00. The Bertz CT molecular complexity index is 682. The lowest BCUT2D eigenvalue weighted by Gasteiger charge is -2.04. The number of hydrogen-bond donors (Lipinski definition) is 2. The van der Waals surface area contributed by atoms with Gasteiger partial charge in [-0.1, -0.05) is 18.9 Å². The molecule has 122 valence electrons. The maximum Gasteiger partial charge on any atom is 0.322 e. The summed E-state index contributed by atoms with van der Waals surface area (Å²) in [4.78, 5) is 23.7. The molecule has 2 N–H and O–H groups in total. The minimum atomic E-state index is -0.222. The van der Waals surface area contributed by atoms with Crippen molar-refractivity contribution >= 4 is 35.3 Å². The maximum absolute atomic E-state index is 11.9. The molecular weight excluding hydrogens is 316 g/mol. The molecule has 1 heterocycles. The number of nitrogens with zero attached hydrogens (tertiary/aromatic N) is 2. The smallest absolute Gasteiger partial charge is 0.322 e. The van der Waals surface area contributed by atoms with E-state index in [1.54, 1.807) is 12.1 Å². The van der Waals surface area contributed by atoms with Gasteiger partial charge in [0.25, 0.3) is 0 Å². The van der Waals surface area contributed by atoms with Crippen LogP contribution in [-0.2, 0) is 9.59 Å². The highest BCUT2D eigenvalue weighted by atomic mass is 32.2. The van der Waals surface area contributed by atoms with Crippen LogP contribution in [-0.4, -0.2) is 27.8 Å². The number of carbonyl (C=O) groups excluding carboxylic acids is 2. The standard InChI is InChI=1S/C15H18N4O3S/c1-9(2)14-18-19-15(22-14)17-13(21)8-23-12-6-4-11(5-7-12)16-10(3)20/h4-7,9H,8H2,1-3H3,(H,16,20)(H,17,19,21). The molecule has 2 rings (SSSR count). The van der Waals surface area contributed by atoms with Crippen molar-refractivity contribution in [1.29, 1.82) is 0 Å². The molecule has 0 aliphatic heterocycles. The monoisotopic (exact) mass is 334 g/mol. The fourth-order valence-electron chi connectivity index (χ4n) is 1.66. The van der Waals surface area contributed by atoms with Gasteiger partial charge in [-0.25, -0.2) is 0 Å². The van der Waals surface area contributed by atoms with Gasteiger partial charge in [0.1, 0.15) is 0 Å². The molecule has 0 saturated carbocycles. The molecule has 23 heavy (non-hydrogen) atoms. The van der Waals surface area contributed by atoms with E-state index in [1.807, 2.05) is 26.0 Å². The van der Waals surface area contributed by atoms with Crippen LogP contribution in [0.15, 0.2) is 33.6 Å². The van der Waals surface area contributed by atoms with Crippen LogP contribution >= 0.6 is 11.8 Å². The first-order valence-electron chi connectivity index (χ1n) is 7.07. The van der Waals surface area contributed by atoms with E-state index in [1.165, 1.54) is 18.7 Å². The van der Waals surface area contributed by atoms with E-state index in [9.17, 15) is 9.59 Å². The number of aromatic nitrogens is 2. The van der Waals surface area contributed by atoms with E-state index < -0.39 is 0 Å². The number of nitrogens with one attached hydrogen (secondary N) is 2. The van der Waals surface area contributed by atoms with Gasteiger partial charge in [0.2, 0.25) is 17.7 Å². The van der Waals surface area contributed by atoms with Crippen molar-refractivity contribution in [2.75, 3.05) is 16.4 Å². The molecule has 0 atom stereocenters. The molecule has 8 heteroatoms. The van der Waals surface area contributed by atoms with E-state index in [0.29, 0.717) is 5.89 Å². The zero-order valence-electron chi connectivity index (χ0n) is 13.1. The van der Waals surface area contributed by atoms with Crippen molar-refractivity contribution in [2.45, 2.75) is 31.6 Å². The van der Waals surface area contributed by atoms with E-state index in [0.717, 1.165) is 10.6 Å². The molecule has 7 nitrogen and oxygen atoms in total. The molecule has 1 aromatic heterocycles. The van der Waals surface area contributed by atoms with Crippen LogP contribution in [0.2, 0.25) is 0 Å². The van der Waals surface area contributed by atoms with Gasteiger partial charge in [-0.2, -0.15) is 0 Å². The molecular formula is C15H18N4O3S. The van der Waals surface area contributed by atoms with Crippen LogP contribution in [0.1, 0.15) is 32.6 Å². The summed E-state index contributed by atoms with van der Waals surface area (Å²) >= 11 is 1.37. The SMILES string of the molecule is CC(=O)Nc1ccc(SCC(=O)Nc2nnc(C(C)C)o2)cc1. The zero-order chi connectivity index (χ0) is 16.8. The van der Waals surface area contributed by atoms with Gasteiger partial charge < -0.3 is 9.73 Å². The Morgan fingerprint density at radius 1 is 1.17 bits per heavy atom. The van der Waals surface area contributed by atoms with Crippen LogP contribution in [0, 0.1) is 0 Å². The Balaban J connectivity index is 1.82. The zero-order valence-corrected chi connectivity index (χ0v) is 13.9. The van der Waals surface area contributed by atoms with Gasteiger partial charge in [-0.3, -0.25) is 14.9 Å². The van der Waals surface area contributed by atoms with E-state index in [4.69, 9.17) is 4.42 Å². The first-order valence-corrected chi connectivity index (χ1v) is 8.06. The molecule has 0 unspecified atom stereocenters. The Hall–Kier alpha value is -2.35. The third kappa shape index (κ3) is 5.41. The molecule has 0 radical (unpaired) electrons. The number of carbonyl (C=O) groups is 2. The molecule has 0 bridgehead atoms. The number of amides is 2. The van der Waals surface area contributed by atoms with Crippen molar-refractivity contribution in [3.05, 3.63) is 30.2 Å². The van der Waals surface area contributed by atoms with Gasteiger partial charge in [-0.15, -0.1) is 16.9 Å². The first kappa shape index (κ1) is 17.0. The minimum absolute atomic E-state index is 0.111. The highest BCUT2D eigenvalue weighted by Crippen LogP contribution is 2.21. The molecule has 0 aliphatic carbocycles.